The van der Waals surface area contributed by atoms with E-state index in [2.05, 4.69) is 27.0 Å². The summed E-state index contributed by atoms with van der Waals surface area (Å²) in [5, 5.41) is 16.8. The van der Waals surface area contributed by atoms with Gasteiger partial charge in [0, 0.05) is 36.0 Å². The number of fused-ring (bicyclic) bond motifs is 3. The van der Waals surface area contributed by atoms with Crippen LogP contribution in [0.1, 0.15) is 52.9 Å². The van der Waals surface area contributed by atoms with Crippen LogP contribution >= 0.6 is 11.6 Å². The van der Waals surface area contributed by atoms with E-state index in [4.69, 9.17) is 11.6 Å². The monoisotopic (exact) mass is 627 g/mol. The van der Waals surface area contributed by atoms with Crippen LogP contribution in [0.3, 0.4) is 0 Å². The van der Waals surface area contributed by atoms with Gasteiger partial charge in [0.1, 0.15) is 12.3 Å². The summed E-state index contributed by atoms with van der Waals surface area (Å²) in [4.78, 5) is 50.5. The smallest absolute Gasteiger partial charge is 0.416 e. The zero-order valence-electron chi connectivity index (χ0n) is 23.3. The van der Waals surface area contributed by atoms with Gasteiger partial charge in [-0.15, -0.1) is 5.10 Å². The van der Waals surface area contributed by atoms with E-state index in [-0.39, 0.29) is 46.8 Å². The molecular weight excluding hydrogens is 603 g/mol. The SMILES string of the molecule is C=C(C)c1nc2n(CC(=O)Nc3ccc(C(F)(F)F)cc3Cl)c3c(c(=O)n2n1)C1(CC3)CCN(C(=O)c2ncccc2O)C1. The number of carbonyl (C=O) groups excluding carboxylic acids is 2. The standard InChI is InChI=1S/C29H25ClF3N7O4/c1-15(2)24-36-27-39(13-21(42)35-18-6-5-16(12-17(18)30)29(31,32)33)19-7-8-28(22(19)25(43)40(27)37-24)9-11-38(14-28)26(44)23-20(41)4-3-10-34-23/h3-6,10,12,41H,1,7-9,11,13-14H2,2H3,(H,35,42). The molecule has 1 aliphatic carbocycles. The molecule has 1 aromatic carbocycles. The summed E-state index contributed by atoms with van der Waals surface area (Å²) in [6.45, 7) is 5.67. The molecule has 11 nitrogen and oxygen atoms in total. The van der Waals surface area contributed by atoms with Crippen LogP contribution in [0.2, 0.25) is 5.02 Å². The zero-order chi connectivity index (χ0) is 31.6. The fourth-order valence-electron chi connectivity index (χ4n) is 6.01. The number of nitrogens with one attached hydrogen (secondary N) is 1. The molecule has 1 fully saturated rings. The maximum atomic E-state index is 14.0. The number of hydrogen-bond donors (Lipinski definition) is 2. The Morgan fingerprint density at radius 2 is 2.00 bits per heavy atom. The molecule has 4 heterocycles. The van der Waals surface area contributed by atoms with Gasteiger partial charge in [-0.2, -0.15) is 22.7 Å². The lowest BCUT2D eigenvalue weighted by Gasteiger charge is -2.25. The largest absolute Gasteiger partial charge is 0.505 e. The first-order valence-electron chi connectivity index (χ1n) is 13.6. The van der Waals surface area contributed by atoms with Crippen molar-refractivity contribution in [1.82, 2.24) is 29.0 Å². The van der Waals surface area contributed by atoms with E-state index >= 15 is 0 Å². The zero-order valence-corrected chi connectivity index (χ0v) is 24.0. The molecule has 44 heavy (non-hydrogen) atoms. The van der Waals surface area contributed by atoms with E-state index in [0.29, 0.717) is 42.6 Å². The Morgan fingerprint density at radius 1 is 1.23 bits per heavy atom. The number of pyridine rings is 1. The van der Waals surface area contributed by atoms with Crippen molar-refractivity contribution in [1.29, 1.82) is 0 Å². The van der Waals surface area contributed by atoms with Crippen LogP contribution in [-0.2, 0) is 29.4 Å². The van der Waals surface area contributed by atoms with Crippen molar-refractivity contribution in [2.45, 2.75) is 44.3 Å². The minimum Gasteiger partial charge on any atom is -0.505 e. The molecule has 1 saturated heterocycles. The number of carbonyl (C=O) groups is 2. The third-order valence-corrected chi connectivity index (χ3v) is 8.42. The van der Waals surface area contributed by atoms with E-state index in [1.165, 1.54) is 18.3 Å². The summed E-state index contributed by atoms with van der Waals surface area (Å²) in [6, 6.07) is 5.50. The van der Waals surface area contributed by atoms with Crippen LogP contribution in [0.15, 0.2) is 47.9 Å². The van der Waals surface area contributed by atoms with Gasteiger partial charge in [-0.05, 0) is 62.1 Å². The van der Waals surface area contributed by atoms with Gasteiger partial charge in [-0.1, -0.05) is 18.2 Å². The molecule has 1 spiro atoms. The van der Waals surface area contributed by atoms with Crippen molar-refractivity contribution >= 4 is 40.5 Å². The van der Waals surface area contributed by atoms with Crippen molar-refractivity contribution < 1.29 is 27.9 Å². The van der Waals surface area contributed by atoms with Crippen LogP contribution in [0, 0.1) is 0 Å². The lowest BCUT2D eigenvalue weighted by Crippen LogP contribution is -2.38. The highest BCUT2D eigenvalue weighted by atomic mass is 35.5. The molecule has 1 unspecified atom stereocenters. The van der Waals surface area contributed by atoms with Crippen molar-refractivity contribution in [3.8, 4) is 5.75 Å². The van der Waals surface area contributed by atoms with E-state index in [0.717, 1.165) is 22.7 Å². The van der Waals surface area contributed by atoms with Crippen LogP contribution in [0.4, 0.5) is 18.9 Å². The van der Waals surface area contributed by atoms with Crippen molar-refractivity contribution in [2.24, 2.45) is 0 Å². The summed E-state index contributed by atoms with van der Waals surface area (Å²) in [7, 11) is 0. The number of halogens is 4. The molecule has 2 amide bonds. The van der Waals surface area contributed by atoms with Gasteiger partial charge in [-0.3, -0.25) is 14.4 Å². The topological polar surface area (TPSA) is 135 Å². The second-order valence-corrected chi connectivity index (χ2v) is 11.4. The Kier molecular flexibility index (Phi) is 6.99. The second kappa shape index (κ2) is 10.5. The number of alkyl halides is 3. The molecule has 0 saturated carbocycles. The van der Waals surface area contributed by atoms with Gasteiger partial charge in [0.15, 0.2) is 11.5 Å². The molecule has 1 aliphatic heterocycles. The fourth-order valence-corrected chi connectivity index (χ4v) is 6.24. The predicted molar refractivity (Wildman–Crippen MR) is 153 cm³/mol. The Hall–Kier alpha value is -4.72. The number of anilines is 1. The molecule has 0 bridgehead atoms. The summed E-state index contributed by atoms with van der Waals surface area (Å²) in [6.07, 6.45) is -1.84. The predicted octanol–water partition coefficient (Wildman–Crippen LogP) is 4.07. The first-order valence-corrected chi connectivity index (χ1v) is 14.0. The molecule has 4 aromatic rings. The van der Waals surface area contributed by atoms with Crippen molar-refractivity contribution in [3.05, 3.63) is 86.8 Å². The van der Waals surface area contributed by atoms with Gasteiger partial charge >= 0.3 is 6.18 Å². The van der Waals surface area contributed by atoms with Gasteiger partial charge in [0.2, 0.25) is 11.7 Å². The lowest BCUT2D eigenvalue weighted by atomic mass is 9.82. The number of amides is 2. The Bertz CT molecular complexity index is 1940. The van der Waals surface area contributed by atoms with E-state index < -0.39 is 34.5 Å². The first kappa shape index (κ1) is 29.4. The Labute approximate surface area is 252 Å². The minimum absolute atomic E-state index is 0.0124. The van der Waals surface area contributed by atoms with Gasteiger partial charge in [0.25, 0.3) is 11.5 Å². The molecule has 1 atom stereocenters. The van der Waals surface area contributed by atoms with Gasteiger partial charge in [0.05, 0.1) is 16.3 Å². The molecule has 2 aliphatic rings. The average Bonchev–Trinajstić information content (AvgIpc) is 3.70. The molecule has 15 heteroatoms. The van der Waals surface area contributed by atoms with Gasteiger partial charge in [-0.25, -0.2) is 4.98 Å². The molecular formula is C29H25ClF3N7O4. The number of aromatic hydroxyl groups is 1. The highest BCUT2D eigenvalue weighted by molar-refractivity contribution is 6.33. The fraction of sp³-hybridized carbons (Fsp3) is 0.310. The average molecular weight is 628 g/mol. The third kappa shape index (κ3) is 4.88. The van der Waals surface area contributed by atoms with Crippen LogP contribution in [0.25, 0.3) is 11.4 Å². The molecule has 228 valence electrons. The minimum atomic E-state index is -4.60. The number of rotatable bonds is 5. The third-order valence-electron chi connectivity index (χ3n) is 8.11. The summed E-state index contributed by atoms with van der Waals surface area (Å²) in [5.74, 6) is -1.03. The van der Waals surface area contributed by atoms with E-state index in [1.807, 2.05) is 0 Å². The molecule has 3 aromatic heterocycles. The molecule has 2 N–H and O–H groups in total. The maximum Gasteiger partial charge on any atom is 0.416 e. The lowest BCUT2D eigenvalue weighted by molar-refractivity contribution is -0.137. The number of aromatic nitrogens is 5. The molecule has 6 rings (SSSR count). The van der Waals surface area contributed by atoms with Gasteiger partial charge < -0.3 is 19.9 Å². The summed E-state index contributed by atoms with van der Waals surface area (Å²) >= 11 is 6.05. The highest BCUT2D eigenvalue weighted by Gasteiger charge is 2.49. The summed E-state index contributed by atoms with van der Waals surface area (Å²) in [5.41, 5.74) is -0.781. The second-order valence-electron chi connectivity index (χ2n) is 11.0. The van der Waals surface area contributed by atoms with Crippen LogP contribution in [0.5, 0.6) is 5.75 Å². The van der Waals surface area contributed by atoms with E-state index in [1.54, 1.807) is 16.4 Å². The number of nitrogens with zero attached hydrogens (tertiary/aromatic N) is 6. The summed E-state index contributed by atoms with van der Waals surface area (Å²) < 4.78 is 41.9. The van der Waals surface area contributed by atoms with Crippen molar-refractivity contribution in [3.63, 3.8) is 0 Å². The normalized spacial score (nSPS) is 17.8. The number of hydrogen-bond acceptors (Lipinski definition) is 7. The number of allylic oxidation sites excluding steroid dienone is 1. The Morgan fingerprint density at radius 3 is 2.68 bits per heavy atom. The first-order chi connectivity index (χ1) is 20.8. The number of benzene rings is 1. The van der Waals surface area contributed by atoms with E-state index in [9.17, 15) is 32.7 Å². The van der Waals surface area contributed by atoms with Crippen molar-refractivity contribution in [2.75, 3.05) is 18.4 Å². The number of likely N-dealkylation sites (tertiary alicyclic amines) is 1. The van der Waals surface area contributed by atoms with Crippen LogP contribution in [-0.4, -0.2) is 59.1 Å². The maximum absolute atomic E-state index is 14.0. The Balaban J connectivity index is 1.37. The molecule has 0 radical (unpaired) electrons. The van der Waals surface area contributed by atoms with Crippen LogP contribution < -0.4 is 10.9 Å². The quantitative estimate of drug-likeness (QED) is 0.341. The highest BCUT2D eigenvalue weighted by Crippen LogP contribution is 2.44.